The van der Waals surface area contributed by atoms with Crippen molar-refractivity contribution in [1.82, 2.24) is 9.55 Å². The van der Waals surface area contributed by atoms with Gasteiger partial charge in [0.15, 0.2) is 0 Å². The van der Waals surface area contributed by atoms with Crippen LogP contribution >= 0.6 is 11.6 Å². The van der Waals surface area contributed by atoms with Gasteiger partial charge < -0.3 is 9.30 Å². The quantitative estimate of drug-likeness (QED) is 0.536. The average Bonchev–Trinajstić information content (AvgIpc) is 3.38. The van der Waals surface area contributed by atoms with Gasteiger partial charge in [-0.15, -0.1) is 0 Å². The Morgan fingerprint density at radius 1 is 1.04 bits per heavy atom. The van der Waals surface area contributed by atoms with E-state index in [-0.39, 0.29) is 0 Å². The highest BCUT2D eigenvalue weighted by Gasteiger charge is 2.29. The largest absolute Gasteiger partial charge is 0.492 e. The number of fused-ring (bicyclic) bond motifs is 1. The molecule has 0 radical (unpaired) electrons. The topological polar surface area (TPSA) is 27.1 Å². The number of para-hydroxylation sites is 3. The lowest BCUT2D eigenvalue weighted by molar-refractivity contribution is 0.303. The number of unbranched alkanes of at least 4 members (excludes halogenated alkanes) is 1. The summed E-state index contributed by atoms with van der Waals surface area (Å²) in [5, 5.41) is 0.675. The lowest BCUT2D eigenvalue weighted by Crippen LogP contribution is -2.05. The van der Waals surface area contributed by atoms with E-state index < -0.39 is 0 Å². The first kappa shape index (κ1) is 15.5. The molecule has 0 saturated heterocycles. The minimum absolute atomic E-state index is 0.664. The Bertz CT molecular complexity index is 839. The lowest BCUT2D eigenvalue weighted by atomic mass is 10.2. The number of imidazole rings is 1. The molecule has 2 aromatic carbocycles. The number of hydrogen-bond donors (Lipinski definition) is 0. The molecule has 0 unspecified atom stereocenters. The lowest BCUT2D eigenvalue weighted by Gasteiger charge is -2.10. The highest BCUT2D eigenvalue weighted by molar-refractivity contribution is 6.32. The van der Waals surface area contributed by atoms with Crippen LogP contribution in [0.5, 0.6) is 5.75 Å². The predicted molar refractivity (Wildman–Crippen MR) is 97.9 cm³/mol. The summed E-state index contributed by atoms with van der Waals surface area (Å²) in [5.41, 5.74) is 2.37. The molecular formula is C20H21ClN2O. The summed E-state index contributed by atoms with van der Waals surface area (Å²) in [6.45, 7) is 1.69. The van der Waals surface area contributed by atoms with Crippen molar-refractivity contribution in [3.8, 4) is 5.75 Å². The van der Waals surface area contributed by atoms with Crippen LogP contribution in [-0.4, -0.2) is 16.2 Å². The van der Waals surface area contributed by atoms with Crippen molar-refractivity contribution in [2.24, 2.45) is 0 Å². The Hall–Kier alpha value is -2.00. The maximum Gasteiger partial charge on any atom is 0.137 e. The minimum atomic E-state index is 0.664. The van der Waals surface area contributed by atoms with Crippen LogP contribution in [0, 0.1) is 0 Å². The van der Waals surface area contributed by atoms with Gasteiger partial charge in [0.25, 0.3) is 0 Å². The molecule has 124 valence electrons. The maximum absolute atomic E-state index is 6.11. The van der Waals surface area contributed by atoms with Gasteiger partial charge in [-0.3, -0.25) is 0 Å². The molecule has 0 aliphatic heterocycles. The van der Waals surface area contributed by atoms with Crippen molar-refractivity contribution in [3.63, 3.8) is 0 Å². The predicted octanol–water partition coefficient (Wildman–Crippen LogP) is 5.43. The van der Waals surface area contributed by atoms with E-state index in [9.17, 15) is 0 Å². The van der Waals surface area contributed by atoms with Gasteiger partial charge in [0.1, 0.15) is 11.6 Å². The molecule has 1 aliphatic rings. The minimum Gasteiger partial charge on any atom is -0.492 e. The van der Waals surface area contributed by atoms with Gasteiger partial charge in [0.2, 0.25) is 0 Å². The second-order valence-electron chi connectivity index (χ2n) is 6.37. The molecule has 0 bridgehead atoms. The van der Waals surface area contributed by atoms with Crippen molar-refractivity contribution < 1.29 is 4.74 Å². The van der Waals surface area contributed by atoms with Crippen LogP contribution in [0.1, 0.15) is 37.4 Å². The number of ether oxygens (including phenoxy) is 1. The molecule has 4 rings (SSSR count). The molecule has 0 amide bonds. The monoisotopic (exact) mass is 340 g/mol. The molecule has 1 heterocycles. The standard InChI is InChI=1S/C20H21ClN2O/c21-16-7-1-4-10-19(16)24-14-6-5-13-23-18-9-3-2-8-17(18)22-20(23)15-11-12-15/h1-4,7-10,15H,5-6,11-14H2. The third kappa shape index (κ3) is 3.27. The first-order chi connectivity index (χ1) is 11.8. The highest BCUT2D eigenvalue weighted by Crippen LogP contribution is 2.40. The van der Waals surface area contributed by atoms with Crippen molar-refractivity contribution in [2.45, 2.75) is 38.1 Å². The van der Waals surface area contributed by atoms with Gasteiger partial charge in [-0.25, -0.2) is 4.98 Å². The van der Waals surface area contributed by atoms with Gasteiger partial charge >= 0.3 is 0 Å². The number of nitrogens with zero attached hydrogens (tertiary/aromatic N) is 2. The van der Waals surface area contributed by atoms with E-state index in [1.165, 1.54) is 24.2 Å². The fourth-order valence-corrected chi connectivity index (χ4v) is 3.29. The fourth-order valence-electron chi connectivity index (χ4n) is 3.10. The maximum atomic E-state index is 6.11. The number of rotatable bonds is 7. The molecule has 0 atom stereocenters. The van der Waals surface area contributed by atoms with Crippen molar-refractivity contribution in [1.29, 1.82) is 0 Å². The van der Waals surface area contributed by atoms with Crippen LogP contribution < -0.4 is 4.74 Å². The molecule has 1 aliphatic carbocycles. The molecule has 3 aromatic rings. The third-order valence-electron chi connectivity index (χ3n) is 4.50. The average molecular weight is 341 g/mol. The van der Waals surface area contributed by atoms with E-state index >= 15 is 0 Å². The van der Waals surface area contributed by atoms with Gasteiger partial charge in [-0.2, -0.15) is 0 Å². The third-order valence-corrected chi connectivity index (χ3v) is 4.81. The summed E-state index contributed by atoms with van der Waals surface area (Å²) >= 11 is 6.11. The Labute approximate surface area is 147 Å². The molecule has 0 spiro atoms. The summed E-state index contributed by atoms with van der Waals surface area (Å²) in [4.78, 5) is 4.85. The van der Waals surface area contributed by atoms with E-state index in [1.807, 2.05) is 24.3 Å². The fraction of sp³-hybridized carbons (Fsp3) is 0.350. The Morgan fingerprint density at radius 3 is 2.67 bits per heavy atom. The van der Waals surface area contributed by atoms with Crippen molar-refractivity contribution >= 4 is 22.6 Å². The SMILES string of the molecule is Clc1ccccc1OCCCCn1c(C2CC2)nc2ccccc21. The van der Waals surface area contributed by atoms with Gasteiger partial charge in [-0.1, -0.05) is 35.9 Å². The number of aromatic nitrogens is 2. The van der Waals surface area contributed by atoms with E-state index in [0.717, 1.165) is 30.7 Å². The van der Waals surface area contributed by atoms with Crippen LogP contribution in [-0.2, 0) is 6.54 Å². The van der Waals surface area contributed by atoms with Gasteiger partial charge in [-0.05, 0) is 49.9 Å². The van der Waals surface area contributed by atoms with Crippen LogP contribution in [0.25, 0.3) is 11.0 Å². The summed E-state index contributed by atoms with van der Waals surface area (Å²) in [6, 6.07) is 16.1. The van der Waals surface area contributed by atoms with Crippen LogP contribution in [0.2, 0.25) is 5.02 Å². The normalized spacial score (nSPS) is 14.2. The van der Waals surface area contributed by atoms with Crippen LogP contribution in [0.3, 0.4) is 0 Å². The number of aryl methyl sites for hydroxylation is 1. The van der Waals surface area contributed by atoms with E-state index in [1.54, 1.807) is 0 Å². The van der Waals surface area contributed by atoms with Gasteiger partial charge in [0, 0.05) is 12.5 Å². The smallest absolute Gasteiger partial charge is 0.137 e. The Morgan fingerprint density at radius 2 is 1.83 bits per heavy atom. The zero-order valence-corrected chi connectivity index (χ0v) is 14.4. The summed E-state index contributed by atoms with van der Waals surface area (Å²) < 4.78 is 8.18. The molecular weight excluding hydrogens is 320 g/mol. The second-order valence-corrected chi connectivity index (χ2v) is 6.78. The zero-order chi connectivity index (χ0) is 16.4. The molecule has 0 N–H and O–H groups in total. The second kappa shape index (κ2) is 6.86. The number of hydrogen-bond acceptors (Lipinski definition) is 2. The van der Waals surface area contributed by atoms with E-state index in [0.29, 0.717) is 17.5 Å². The number of benzene rings is 2. The molecule has 1 fully saturated rings. The Balaban J connectivity index is 1.37. The summed E-state index contributed by atoms with van der Waals surface area (Å²) in [5.74, 6) is 2.70. The summed E-state index contributed by atoms with van der Waals surface area (Å²) in [7, 11) is 0. The summed E-state index contributed by atoms with van der Waals surface area (Å²) in [6.07, 6.45) is 4.63. The number of halogens is 1. The van der Waals surface area contributed by atoms with Crippen molar-refractivity contribution in [3.05, 3.63) is 59.4 Å². The first-order valence-electron chi connectivity index (χ1n) is 8.65. The molecule has 1 saturated carbocycles. The molecule has 24 heavy (non-hydrogen) atoms. The molecule has 4 heteroatoms. The van der Waals surface area contributed by atoms with Crippen LogP contribution in [0.15, 0.2) is 48.5 Å². The first-order valence-corrected chi connectivity index (χ1v) is 9.03. The molecule has 1 aromatic heterocycles. The zero-order valence-electron chi connectivity index (χ0n) is 13.6. The molecule has 3 nitrogen and oxygen atoms in total. The Kier molecular flexibility index (Phi) is 4.44. The van der Waals surface area contributed by atoms with E-state index in [2.05, 4.69) is 28.8 Å². The van der Waals surface area contributed by atoms with Gasteiger partial charge in [0.05, 0.1) is 22.7 Å². The highest BCUT2D eigenvalue weighted by atomic mass is 35.5. The van der Waals surface area contributed by atoms with E-state index in [4.69, 9.17) is 21.3 Å². The van der Waals surface area contributed by atoms with Crippen LogP contribution in [0.4, 0.5) is 0 Å². The van der Waals surface area contributed by atoms with Crippen molar-refractivity contribution in [2.75, 3.05) is 6.61 Å².